The van der Waals surface area contributed by atoms with Gasteiger partial charge in [-0.3, -0.25) is 10.4 Å². The summed E-state index contributed by atoms with van der Waals surface area (Å²) in [6.45, 7) is 0.451. The van der Waals surface area contributed by atoms with Crippen molar-refractivity contribution < 1.29 is 4.79 Å². The van der Waals surface area contributed by atoms with Crippen LogP contribution in [0.5, 0.6) is 0 Å². The highest BCUT2D eigenvalue weighted by molar-refractivity contribution is 5.96. The SMILES string of the molecule is O=C(NCc1ccccc1)Nc1ncnc2n[nH]cc12. The number of benzene rings is 1. The highest BCUT2D eigenvalue weighted by Crippen LogP contribution is 2.15. The Bertz CT molecular complexity index is 724. The average Bonchev–Trinajstić information content (AvgIpc) is 2.96. The Hall–Kier alpha value is -2.96. The molecule has 0 atom stereocenters. The lowest BCUT2D eigenvalue weighted by atomic mass is 10.2. The van der Waals surface area contributed by atoms with Crippen LogP contribution in [0.15, 0.2) is 42.9 Å². The normalized spacial score (nSPS) is 10.4. The Balaban J connectivity index is 1.66. The summed E-state index contributed by atoms with van der Waals surface area (Å²) in [6.07, 6.45) is 3.00. The van der Waals surface area contributed by atoms with E-state index in [0.29, 0.717) is 23.4 Å². The number of carbonyl (C=O) groups is 1. The molecule has 100 valence electrons. The zero-order chi connectivity index (χ0) is 13.8. The van der Waals surface area contributed by atoms with Crippen molar-refractivity contribution in [1.29, 1.82) is 0 Å². The van der Waals surface area contributed by atoms with Crippen LogP contribution in [0.4, 0.5) is 10.6 Å². The maximum atomic E-state index is 11.8. The van der Waals surface area contributed by atoms with Gasteiger partial charge in [0.05, 0.1) is 5.39 Å². The predicted molar refractivity (Wildman–Crippen MR) is 74.0 cm³/mol. The second-order valence-corrected chi connectivity index (χ2v) is 4.14. The largest absolute Gasteiger partial charge is 0.334 e. The van der Waals surface area contributed by atoms with Gasteiger partial charge in [-0.25, -0.2) is 14.8 Å². The van der Waals surface area contributed by atoms with Crippen molar-refractivity contribution in [3.05, 3.63) is 48.4 Å². The van der Waals surface area contributed by atoms with E-state index >= 15 is 0 Å². The minimum Gasteiger partial charge on any atom is -0.334 e. The summed E-state index contributed by atoms with van der Waals surface area (Å²) in [5.74, 6) is 0.425. The van der Waals surface area contributed by atoms with Crippen molar-refractivity contribution in [1.82, 2.24) is 25.5 Å². The topological polar surface area (TPSA) is 95.6 Å². The number of carbonyl (C=O) groups excluding carboxylic acids is 1. The fourth-order valence-electron chi connectivity index (χ4n) is 1.80. The van der Waals surface area contributed by atoms with Crippen LogP contribution >= 0.6 is 0 Å². The quantitative estimate of drug-likeness (QED) is 0.673. The number of nitrogens with zero attached hydrogens (tertiary/aromatic N) is 3. The van der Waals surface area contributed by atoms with Crippen molar-refractivity contribution in [3.8, 4) is 0 Å². The summed E-state index contributed by atoms with van der Waals surface area (Å²) in [6, 6.07) is 9.34. The lowest BCUT2D eigenvalue weighted by molar-refractivity contribution is 0.251. The molecule has 0 aliphatic heterocycles. The Morgan fingerprint density at radius 1 is 1.20 bits per heavy atom. The number of aromatic nitrogens is 4. The van der Waals surface area contributed by atoms with Crippen LogP contribution in [-0.2, 0) is 6.54 Å². The van der Waals surface area contributed by atoms with Crippen LogP contribution in [0, 0.1) is 0 Å². The molecule has 0 fully saturated rings. The number of aromatic amines is 1. The van der Waals surface area contributed by atoms with Gasteiger partial charge in [0.15, 0.2) is 5.65 Å². The number of H-pyrrole nitrogens is 1. The van der Waals surface area contributed by atoms with Gasteiger partial charge in [0.25, 0.3) is 0 Å². The summed E-state index contributed by atoms with van der Waals surface area (Å²) in [7, 11) is 0. The molecule has 0 saturated heterocycles. The van der Waals surface area contributed by atoms with Crippen LogP contribution in [0.2, 0.25) is 0 Å². The van der Waals surface area contributed by atoms with E-state index < -0.39 is 0 Å². The van der Waals surface area contributed by atoms with Crippen LogP contribution < -0.4 is 10.6 Å². The third-order valence-corrected chi connectivity index (χ3v) is 2.77. The fourth-order valence-corrected chi connectivity index (χ4v) is 1.80. The van der Waals surface area contributed by atoms with E-state index in [4.69, 9.17) is 0 Å². The smallest absolute Gasteiger partial charge is 0.320 e. The second kappa shape index (κ2) is 5.35. The molecule has 0 bridgehead atoms. The molecule has 0 aliphatic rings. The zero-order valence-corrected chi connectivity index (χ0v) is 10.5. The maximum absolute atomic E-state index is 11.8. The van der Waals surface area contributed by atoms with Crippen LogP contribution in [0.1, 0.15) is 5.56 Å². The highest BCUT2D eigenvalue weighted by Gasteiger charge is 2.08. The number of rotatable bonds is 3. The van der Waals surface area contributed by atoms with Crippen molar-refractivity contribution in [3.63, 3.8) is 0 Å². The Morgan fingerprint density at radius 2 is 2.05 bits per heavy atom. The predicted octanol–water partition coefficient (Wildman–Crippen LogP) is 1.67. The van der Waals surface area contributed by atoms with Crippen LogP contribution in [0.25, 0.3) is 11.0 Å². The molecule has 0 saturated carbocycles. The van der Waals surface area contributed by atoms with E-state index in [-0.39, 0.29) is 6.03 Å². The van der Waals surface area contributed by atoms with Gasteiger partial charge in [0, 0.05) is 12.7 Å². The summed E-state index contributed by atoms with van der Waals surface area (Å²) < 4.78 is 0. The first-order chi connectivity index (χ1) is 9.83. The molecule has 0 spiro atoms. The van der Waals surface area contributed by atoms with Crippen LogP contribution in [0.3, 0.4) is 0 Å². The lowest BCUT2D eigenvalue weighted by Gasteiger charge is -2.07. The van der Waals surface area contributed by atoms with Gasteiger partial charge in [-0.1, -0.05) is 30.3 Å². The summed E-state index contributed by atoms with van der Waals surface area (Å²) >= 11 is 0. The van der Waals surface area contributed by atoms with Gasteiger partial charge in [0.1, 0.15) is 12.1 Å². The molecule has 3 aromatic rings. The first-order valence-electron chi connectivity index (χ1n) is 6.06. The number of fused-ring (bicyclic) bond motifs is 1. The number of nitrogens with one attached hydrogen (secondary N) is 3. The summed E-state index contributed by atoms with van der Waals surface area (Å²) in [4.78, 5) is 19.8. The average molecular weight is 268 g/mol. The van der Waals surface area contributed by atoms with E-state index in [2.05, 4.69) is 30.8 Å². The molecule has 3 N–H and O–H groups in total. The minimum atomic E-state index is -0.324. The van der Waals surface area contributed by atoms with E-state index in [1.54, 1.807) is 6.20 Å². The fraction of sp³-hybridized carbons (Fsp3) is 0.0769. The van der Waals surface area contributed by atoms with Crippen molar-refractivity contribution >= 4 is 22.9 Å². The van der Waals surface area contributed by atoms with Crippen molar-refractivity contribution in [2.24, 2.45) is 0 Å². The molecule has 2 heterocycles. The first kappa shape index (κ1) is 12.1. The molecule has 2 amide bonds. The Labute approximate surface area is 114 Å². The molecule has 2 aromatic heterocycles. The standard InChI is InChI=1S/C13H12N6O/c20-13(14-6-9-4-2-1-3-5-9)18-11-10-7-17-19-12(10)16-8-15-11/h1-5,7-8H,6H2,(H3,14,15,16,17,18,19,20). The summed E-state index contributed by atoms with van der Waals surface area (Å²) in [5, 5.41) is 12.7. The zero-order valence-electron chi connectivity index (χ0n) is 10.5. The molecule has 1 aromatic carbocycles. The first-order valence-corrected chi connectivity index (χ1v) is 6.06. The highest BCUT2D eigenvalue weighted by atomic mass is 16.2. The monoisotopic (exact) mass is 268 g/mol. The minimum absolute atomic E-state index is 0.324. The molecule has 20 heavy (non-hydrogen) atoms. The van der Waals surface area contributed by atoms with Gasteiger partial charge in [-0.15, -0.1) is 0 Å². The van der Waals surface area contributed by atoms with Crippen molar-refractivity contribution in [2.45, 2.75) is 6.54 Å². The summed E-state index contributed by atoms with van der Waals surface area (Å²) in [5.41, 5.74) is 1.54. The Morgan fingerprint density at radius 3 is 2.90 bits per heavy atom. The van der Waals surface area contributed by atoms with Gasteiger partial charge in [-0.2, -0.15) is 5.10 Å². The van der Waals surface area contributed by atoms with Crippen molar-refractivity contribution in [2.75, 3.05) is 5.32 Å². The molecule has 7 heteroatoms. The molecule has 0 unspecified atom stereocenters. The van der Waals surface area contributed by atoms with Gasteiger partial charge in [0.2, 0.25) is 0 Å². The number of urea groups is 1. The molecule has 3 rings (SSSR count). The van der Waals surface area contributed by atoms with Gasteiger partial charge < -0.3 is 5.32 Å². The molecule has 0 aliphatic carbocycles. The number of amides is 2. The molecular formula is C13H12N6O. The maximum Gasteiger partial charge on any atom is 0.320 e. The van der Waals surface area contributed by atoms with E-state index in [0.717, 1.165) is 5.56 Å². The third-order valence-electron chi connectivity index (χ3n) is 2.77. The lowest BCUT2D eigenvalue weighted by Crippen LogP contribution is -2.28. The third kappa shape index (κ3) is 2.56. The number of hydrogen-bond donors (Lipinski definition) is 3. The Kier molecular flexibility index (Phi) is 3.24. The van der Waals surface area contributed by atoms with Crippen LogP contribution in [-0.4, -0.2) is 26.2 Å². The molecule has 7 nitrogen and oxygen atoms in total. The number of hydrogen-bond acceptors (Lipinski definition) is 4. The van der Waals surface area contributed by atoms with E-state index in [1.165, 1.54) is 6.33 Å². The van der Waals surface area contributed by atoms with E-state index in [9.17, 15) is 4.79 Å². The van der Waals surface area contributed by atoms with E-state index in [1.807, 2.05) is 30.3 Å². The van der Waals surface area contributed by atoms with Gasteiger partial charge in [-0.05, 0) is 5.56 Å². The van der Waals surface area contributed by atoms with Gasteiger partial charge >= 0.3 is 6.03 Å². The molecule has 0 radical (unpaired) electrons. The molecular weight excluding hydrogens is 256 g/mol. The number of anilines is 1. The second-order valence-electron chi connectivity index (χ2n) is 4.14.